The number of aromatic nitrogens is 3. The van der Waals surface area contributed by atoms with Crippen molar-refractivity contribution in [2.45, 2.75) is 25.5 Å². The highest BCUT2D eigenvalue weighted by Crippen LogP contribution is 2.15. The first-order chi connectivity index (χ1) is 7.87. The number of carbonyl (C=O) groups excluding carboxylic acids is 1. The number of nitrogens with zero attached hydrogens (tertiary/aromatic N) is 3. The molecule has 0 saturated carbocycles. The van der Waals surface area contributed by atoms with E-state index in [0.717, 1.165) is 0 Å². The molecule has 0 aliphatic carbocycles. The van der Waals surface area contributed by atoms with Gasteiger partial charge in [0, 0.05) is 6.42 Å². The second-order valence-electron chi connectivity index (χ2n) is 3.47. The number of nitrogen functional groups attached to an aromatic ring is 2. The van der Waals surface area contributed by atoms with Crippen LogP contribution in [-0.2, 0) is 4.79 Å². The van der Waals surface area contributed by atoms with Crippen molar-refractivity contribution < 1.29 is 9.90 Å². The molecule has 1 heterocycles. The van der Waals surface area contributed by atoms with Crippen LogP contribution in [0.4, 0.5) is 17.8 Å². The minimum atomic E-state index is -1.94. The maximum atomic E-state index is 11.2. The molecule has 1 amide bonds. The van der Waals surface area contributed by atoms with Gasteiger partial charge >= 0.3 is 0 Å². The van der Waals surface area contributed by atoms with Crippen molar-refractivity contribution in [3.63, 3.8) is 0 Å². The highest BCUT2D eigenvalue weighted by atomic mass is 16.3. The number of hydrogen-bond donors (Lipinski definition) is 5. The van der Waals surface area contributed by atoms with Gasteiger partial charge in [0.1, 0.15) is 0 Å². The Balaban J connectivity index is 2.97. The van der Waals surface area contributed by atoms with Crippen LogP contribution in [0.5, 0.6) is 0 Å². The van der Waals surface area contributed by atoms with Gasteiger partial charge in [0.05, 0.1) is 0 Å². The molecule has 0 fully saturated rings. The fraction of sp³-hybridized carbons (Fsp3) is 0.500. The third kappa shape index (κ3) is 3.14. The van der Waals surface area contributed by atoms with Gasteiger partial charge in [-0.15, -0.1) is 0 Å². The number of aliphatic hydroxyl groups is 1. The zero-order valence-corrected chi connectivity index (χ0v) is 9.34. The number of nitrogens with two attached hydrogens (primary N) is 3. The van der Waals surface area contributed by atoms with E-state index < -0.39 is 11.6 Å². The number of nitrogens with one attached hydrogen (secondary N) is 1. The van der Waals surface area contributed by atoms with E-state index in [1.807, 2.05) is 0 Å². The van der Waals surface area contributed by atoms with E-state index in [1.54, 1.807) is 6.92 Å². The molecule has 0 spiro atoms. The molecule has 17 heavy (non-hydrogen) atoms. The molecule has 1 atom stereocenters. The van der Waals surface area contributed by atoms with Crippen LogP contribution >= 0.6 is 0 Å². The summed E-state index contributed by atoms with van der Waals surface area (Å²) in [4.78, 5) is 22.1. The summed E-state index contributed by atoms with van der Waals surface area (Å²) in [5.41, 5.74) is 13.9. The molecule has 0 aromatic carbocycles. The number of carbonyl (C=O) groups is 1. The van der Waals surface area contributed by atoms with Crippen LogP contribution in [0.3, 0.4) is 0 Å². The average molecular weight is 241 g/mol. The number of amides is 1. The Morgan fingerprint density at radius 1 is 1.35 bits per heavy atom. The SMILES string of the molecule is CCCC(O)(Nc1nc(N)nc(N)n1)C(N)=O. The zero-order valence-electron chi connectivity index (χ0n) is 9.34. The molecule has 0 aliphatic rings. The van der Waals surface area contributed by atoms with Gasteiger partial charge in [-0.2, -0.15) is 15.0 Å². The fourth-order valence-electron chi connectivity index (χ4n) is 1.26. The standard InChI is InChI=1S/C8H15N7O2/c1-2-3-8(17,4(9)16)15-7-13-5(10)12-6(11)14-7/h17H,2-3H2,1H3,(H2,9,16)(H5,10,11,12,13,14,15). The Morgan fingerprint density at radius 3 is 2.29 bits per heavy atom. The lowest BCUT2D eigenvalue weighted by Gasteiger charge is -2.25. The van der Waals surface area contributed by atoms with Crippen LogP contribution in [-0.4, -0.2) is 31.7 Å². The second kappa shape index (κ2) is 4.78. The van der Waals surface area contributed by atoms with Crippen LogP contribution < -0.4 is 22.5 Å². The largest absolute Gasteiger partial charge is 0.368 e. The minimum Gasteiger partial charge on any atom is -0.368 e. The van der Waals surface area contributed by atoms with Gasteiger partial charge in [-0.3, -0.25) is 4.79 Å². The highest BCUT2D eigenvalue weighted by Gasteiger charge is 2.33. The molecule has 9 nitrogen and oxygen atoms in total. The molecule has 1 aromatic heterocycles. The summed E-state index contributed by atoms with van der Waals surface area (Å²) in [5.74, 6) is -1.28. The predicted octanol–water partition coefficient (Wildman–Crippen LogP) is -1.58. The molecule has 94 valence electrons. The first-order valence-corrected chi connectivity index (χ1v) is 4.95. The van der Waals surface area contributed by atoms with Crippen LogP contribution in [0.2, 0.25) is 0 Å². The van der Waals surface area contributed by atoms with Gasteiger partial charge in [0.25, 0.3) is 5.91 Å². The fourth-order valence-corrected chi connectivity index (χ4v) is 1.26. The van der Waals surface area contributed by atoms with E-state index in [2.05, 4.69) is 20.3 Å². The van der Waals surface area contributed by atoms with Crippen molar-refractivity contribution >= 4 is 23.8 Å². The van der Waals surface area contributed by atoms with Crippen LogP contribution in [0, 0.1) is 0 Å². The Labute approximate surface area is 97.4 Å². The van der Waals surface area contributed by atoms with E-state index in [1.165, 1.54) is 0 Å². The smallest absolute Gasteiger partial charge is 0.270 e. The number of rotatable bonds is 5. The Kier molecular flexibility index (Phi) is 3.63. The van der Waals surface area contributed by atoms with E-state index in [4.69, 9.17) is 17.2 Å². The topological polar surface area (TPSA) is 166 Å². The Morgan fingerprint density at radius 2 is 1.88 bits per heavy atom. The van der Waals surface area contributed by atoms with E-state index in [0.29, 0.717) is 6.42 Å². The van der Waals surface area contributed by atoms with E-state index in [-0.39, 0.29) is 24.3 Å². The predicted molar refractivity (Wildman–Crippen MR) is 61.3 cm³/mol. The summed E-state index contributed by atoms with van der Waals surface area (Å²) < 4.78 is 0. The van der Waals surface area contributed by atoms with Crippen LogP contribution in [0.1, 0.15) is 19.8 Å². The van der Waals surface area contributed by atoms with Gasteiger partial charge < -0.3 is 27.6 Å². The maximum Gasteiger partial charge on any atom is 0.270 e. The van der Waals surface area contributed by atoms with Gasteiger partial charge in [-0.25, -0.2) is 0 Å². The van der Waals surface area contributed by atoms with Crippen molar-refractivity contribution in [3.05, 3.63) is 0 Å². The molecular formula is C8H15N7O2. The Hall–Kier alpha value is -2.16. The van der Waals surface area contributed by atoms with Gasteiger partial charge in [-0.05, 0) is 0 Å². The van der Waals surface area contributed by atoms with Crippen LogP contribution in [0.25, 0.3) is 0 Å². The minimum absolute atomic E-state index is 0.105. The van der Waals surface area contributed by atoms with Gasteiger partial charge in [-0.1, -0.05) is 13.3 Å². The Bertz CT molecular complexity index is 404. The number of hydrogen-bond acceptors (Lipinski definition) is 8. The molecular weight excluding hydrogens is 226 g/mol. The zero-order chi connectivity index (χ0) is 13.1. The highest BCUT2D eigenvalue weighted by molar-refractivity contribution is 5.85. The molecule has 0 aliphatic heterocycles. The van der Waals surface area contributed by atoms with Gasteiger partial charge in [0.2, 0.25) is 23.6 Å². The molecule has 0 saturated heterocycles. The van der Waals surface area contributed by atoms with Gasteiger partial charge in [0.15, 0.2) is 0 Å². The lowest BCUT2D eigenvalue weighted by molar-refractivity contribution is -0.134. The summed E-state index contributed by atoms with van der Waals surface area (Å²) in [6, 6.07) is 0. The lowest BCUT2D eigenvalue weighted by Crippen LogP contribution is -2.50. The number of primary amides is 1. The molecule has 1 aromatic rings. The summed E-state index contributed by atoms with van der Waals surface area (Å²) in [6.45, 7) is 1.78. The van der Waals surface area contributed by atoms with Crippen molar-refractivity contribution in [1.82, 2.24) is 15.0 Å². The average Bonchev–Trinajstić information content (AvgIpc) is 2.15. The number of anilines is 3. The molecule has 0 bridgehead atoms. The first-order valence-electron chi connectivity index (χ1n) is 4.95. The molecule has 9 heteroatoms. The maximum absolute atomic E-state index is 11.2. The van der Waals surface area contributed by atoms with Crippen molar-refractivity contribution in [3.8, 4) is 0 Å². The second-order valence-corrected chi connectivity index (χ2v) is 3.47. The molecule has 1 rings (SSSR count). The normalized spacial score (nSPS) is 14.0. The summed E-state index contributed by atoms with van der Waals surface area (Å²) >= 11 is 0. The van der Waals surface area contributed by atoms with Crippen molar-refractivity contribution in [2.24, 2.45) is 5.73 Å². The van der Waals surface area contributed by atoms with E-state index in [9.17, 15) is 9.90 Å². The molecule has 8 N–H and O–H groups in total. The molecule has 0 radical (unpaired) electrons. The van der Waals surface area contributed by atoms with Crippen molar-refractivity contribution in [1.29, 1.82) is 0 Å². The van der Waals surface area contributed by atoms with Crippen LogP contribution in [0.15, 0.2) is 0 Å². The summed E-state index contributed by atoms with van der Waals surface area (Å²) in [5, 5.41) is 12.4. The summed E-state index contributed by atoms with van der Waals surface area (Å²) in [6.07, 6.45) is 0.635. The molecule has 1 unspecified atom stereocenters. The monoisotopic (exact) mass is 241 g/mol. The first kappa shape index (κ1) is 12.9. The lowest BCUT2D eigenvalue weighted by atomic mass is 10.1. The third-order valence-corrected chi connectivity index (χ3v) is 2.01. The summed E-state index contributed by atoms with van der Waals surface area (Å²) in [7, 11) is 0. The quantitative estimate of drug-likeness (QED) is 0.385. The van der Waals surface area contributed by atoms with Crippen molar-refractivity contribution in [2.75, 3.05) is 16.8 Å². The van der Waals surface area contributed by atoms with E-state index >= 15 is 0 Å². The third-order valence-electron chi connectivity index (χ3n) is 2.01.